The minimum atomic E-state index is 0.389. The third-order valence-electron chi connectivity index (χ3n) is 2.38. The lowest BCUT2D eigenvalue weighted by atomic mass is 9.95. The molecule has 1 aliphatic carbocycles. The average molecular weight is 126 g/mol. The van der Waals surface area contributed by atoms with Crippen molar-refractivity contribution >= 4 is 5.78 Å². The Morgan fingerprint density at radius 2 is 2.11 bits per heavy atom. The Morgan fingerprint density at radius 1 is 1.44 bits per heavy atom. The topological polar surface area (TPSA) is 17.1 Å². The molecule has 0 saturated heterocycles. The van der Waals surface area contributed by atoms with Crippen LogP contribution in [-0.2, 0) is 4.79 Å². The summed E-state index contributed by atoms with van der Waals surface area (Å²) >= 11 is 0. The number of carbonyl (C=O) groups excluding carboxylic acids is 1. The van der Waals surface area contributed by atoms with Gasteiger partial charge in [-0.25, -0.2) is 0 Å². The van der Waals surface area contributed by atoms with Gasteiger partial charge in [-0.05, 0) is 25.7 Å². The Bertz CT molecular complexity index is 118. The Hall–Kier alpha value is -0.330. The van der Waals surface area contributed by atoms with E-state index in [1.54, 1.807) is 6.92 Å². The predicted octanol–water partition coefficient (Wildman–Crippen LogP) is 2.01. The smallest absolute Gasteiger partial charge is 0.133 e. The summed E-state index contributed by atoms with van der Waals surface area (Å²) in [6, 6.07) is 0. The summed E-state index contributed by atoms with van der Waals surface area (Å²) in [5.74, 6) is 1.44. The van der Waals surface area contributed by atoms with Crippen LogP contribution in [0.25, 0.3) is 0 Å². The van der Waals surface area contributed by atoms with E-state index in [1.165, 1.54) is 12.8 Å². The van der Waals surface area contributed by atoms with Crippen molar-refractivity contribution in [3.8, 4) is 0 Å². The van der Waals surface area contributed by atoms with Crippen molar-refractivity contribution in [2.24, 2.45) is 11.8 Å². The Labute approximate surface area is 56.4 Å². The van der Waals surface area contributed by atoms with Crippen molar-refractivity contribution in [2.45, 2.75) is 33.1 Å². The highest BCUT2D eigenvalue weighted by Crippen LogP contribution is 2.31. The van der Waals surface area contributed by atoms with Gasteiger partial charge in [0, 0.05) is 5.92 Å². The van der Waals surface area contributed by atoms with Gasteiger partial charge in [-0.3, -0.25) is 4.79 Å². The molecular weight excluding hydrogens is 112 g/mol. The van der Waals surface area contributed by atoms with Gasteiger partial charge in [0.25, 0.3) is 0 Å². The summed E-state index contributed by atoms with van der Waals surface area (Å²) in [5.41, 5.74) is 0. The van der Waals surface area contributed by atoms with Gasteiger partial charge in [0.1, 0.15) is 5.78 Å². The molecule has 0 aliphatic heterocycles. The Morgan fingerprint density at radius 3 is 2.33 bits per heavy atom. The van der Waals surface area contributed by atoms with E-state index in [0.717, 1.165) is 6.42 Å². The molecule has 0 aromatic heterocycles. The van der Waals surface area contributed by atoms with Crippen LogP contribution in [-0.4, -0.2) is 5.78 Å². The molecule has 1 fully saturated rings. The summed E-state index contributed by atoms with van der Waals surface area (Å²) in [4.78, 5) is 10.9. The van der Waals surface area contributed by atoms with Crippen molar-refractivity contribution in [1.82, 2.24) is 0 Å². The van der Waals surface area contributed by atoms with Gasteiger partial charge in [0.2, 0.25) is 0 Å². The number of carbonyl (C=O) groups is 1. The standard InChI is InChI=1S/C8H14O/c1-6-4-3-5-8(6)7(2)9/h6,8H,3-5H2,1-2H3/t6-,8+/m1/s1. The molecule has 0 aromatic rings. The number of Topliss-reactive ketones (excluding diaryl/α,β-unsaturated/α-hetero) is 1. The van der Waals surface area contributed by atoms with E-state index in [2.05, 4.69) is 6.92 Å². The average Bonchev–Trinajstić information content (AvgIpc) is 2.13. The lowest BCUT2D eigenvalue weighted by molar-refractivity contribution is -0.121. The van der Waals surface area contributed by atoms with Crippen LogP contribution in [0.3, 0.4) is 0 Å². The number of hydrogen-bond acceptors (Lipinski definition) is 1. The molecule has 1 heteroatoms. The second kappa shape index (κ2) is 2.51. The normalized spacial score (nSPS) is 34.9. The maximum atomic E-state index is 10.9. The minimum absolute atomic E-state index is 0.389. The second-order valence-corrected chi connectivity index (χ2v) is 3.13. The van der Waals surface area contributed by atoms with Gasteiger partial charge < -0.3 is 0 Å². The summed E-state index contributed by atoms with van der Waals surface area (Å²) in [7, 11) is 0. The lowest BCUT2D eigenvalue weighted by Gasteiger charge is -2.09. The molecule has 0 radical (unpaired) electrons. The van der Waals surface area contributed by atoms with E-state index >= 15 is 0 Å². The van der Waals surface area contributed by atoms with Crippen LogP contribution in [0.2, 0.25) is 0 Å². The van der Waals surface area contributed by atoms with E-state index in [-0.39, 0.29) is 0 Å². The molecule has 2 atom stereocenters. The molecule has 0 unspecified atom stereocenters. The van der Waals surface area contributed by atoms with Gasteiger partial charge in [0.15, 0.2) is 0 Å². The first-order valence-corrected chi connectivity index (χ1v) is 3.72. The van der Waals surface area contributed by atoms with E-state index in [0.29, 0.717) is 17.6 Å². The molecule has 1 saturated carbocycles. The van der Waals surface area contributed by atoms with Crippen molar-refractivity contribution in [3.05, 3.63) is 0 Å². The van der Waals surface area contributed by atoms with Gasteiger partial charge in [-0.2, -0.15) is 0 Å². The minimum Gasteiger partial charge on any atom is -0.300 e. The van der Waals surface area contributed by atoms with E-state index in [9.17, 15) is 4.79 Å². The van der Waals surface area contributed by atoms with Crippen molar-refractivity contribution < 1.29 is 4.79 Å². The van der Waals surface area contributed by atoms with Gasteiger partial charge in [-0.15, -0.1) is 0 Å². The quantitative estimate of drug-likeness (QED) is 0.525. The van der Waals surface area contributed by atoms with E-state index < -0.39 is 0 Å². The second-order valence-electron chi connectivity index (χ2n) is 3.13. The molecule has 1 nitrogen and oxygen atoms in total. The number of hydrogen-bond donors (Lipinski definition) is 0. The fourth-order valence-corrected chi connectivity index (χ4v) is 1.75. The van der Waals surface area contributed by atoms with Crippen LogP contribution in [0.1, 0.15) is 33.1 Å². The molecular formula is C8H14O. The van der Waals surface area contributed by atoms with Crippen molar-refractivity contribution in [3.63, 3.8) is 0 Å². The molecule has 1 aliphatic rings. The SMILES string of the molecule is CC(=O)[C@H]1CCC[C@H]1C. The molecule has 0 spiro atoms. The summed E-state index contributed by atoms with van der Waals surface area (Å²) in [6.45, 7) is 3.89. The maximum absolute atomic E-state index is 10.9. The molecule has 0 heterocycles. The fourth-order valence-electron chi connectivity index (χ4n) is 1.75. The molecule has 9 heavy (non-hydrogen) atoms. The summed E-state index contributed by atoms with van der Waals surface area (Å²) < 4.78 is 0. The van der Waals surface area contributed by atoms with Crippen LogP contribution < -0.4 is 0 Å². The number of ketones is 1. The van der Waals surface area contributed by atoms with Crippen molar-refractivity contribution in [1.29, 1.82) is 0 Å². The molecule has 0 bridgehead atoms. The molecule has 52 valence electrons. The molecule has 0 N–H and O–H groups in total. The molecule has 0 aromatic carbocycles. The summed E-state index contributed by atoms with van der Waals surface area (Å²) in [5, 5.41) is 0. The van der Waals surface area contributed by atoms with E-state index in [4.69, 9.17) is 0 Å². The fraction of sp³-hybridized carbons (Fsp3) is 0.875. The monoisotopic (exact) mass is 126 g/mol. The van der Waals surface area contributed by atoms with Gasteiger partial charge in [0.05, 0.1) is 0 Å². The van der Waals surface area contributed by atoms with E-state index in [1.807, 2.05) is 0 Å². The predicted molar refractivity (Wildman–Crippen MR) is 37.2 cm³/mol. The zero-order valence-corrected chi connectivity index (χ0v) is 6.18. The van der Waals surface area contributed by atoms with Crippen LogP contribution in [0.5, 0.6) is 0 Å². The highest BCUT2D eigenvalue weighted by Gasteiger charge is 2.26. The van der Waals surface area contributed by atoms with Gasteiger partial charge >= 0.3 is 0 Å². The number of rotatable bonds is 1. The first kappa shape index (κ1) is 6.79. The molecule has 1 rings (SSSR count). The highest BCUT2D eigenvalue weighted by atomic mass is 16.1. The zero-order chi connectivity index (χ0) is 6.85. The summed E-state index contributed by atoms with van der Waals surface area (Å²) in [6.07, 6.45) is 3.64. The Balaban J connectivity index is 2.49. The highest BCUT2D eigenvalue weighted by molar-refractivity contribution is 5.78. The van der Waals surface area contributed by atoms with Crippen LogP contribution in [0.15, 0.2) is 0 Å². The largest absolute Gasteiger partial charge is 0.300 e. The first-order chi connectivity index (χ1) is 4.22. The van der Waals surface area contributed by atoms with Gasteiger partial charge in [-0.1, -0.05) is 13.3 Å². The third kappa shape index (κ3) is 1.32. The van der Waals surface area contributed by atoms with Crippen LogP contribution in [0.4, 0.5) is 0 Å². The molecule has 0 amide bonds. The Kier molecular flexibility index (Phi) is 1.89. The van der Waals surface area contributed by atoms with Crippen molar-refractivity contribution in [2.75, 3.05) is 0 Å². The first-order valence-electron chi connectivity index (χ1n) is 3.72. The van der Waals surface area contributed by atoms with Crippen LogP contribution in [0, 0.1) is 11.8 Å². The lowest BCUT2D eigenvalue weighted by Crippen LogP contribution is -2.12. The zero-order valence-electron chi connectivity index (χ0n) is 6.18. The van der Waals surface area contributed by atoms with Crippen LogP contribution >= 0.6 is 0 Å². The maximum Gasteiger partial charge on any atom is 0.133 e. The third-order valence-corrected chi connectivity index (χ3v) is 2.38.